The molecular weight excluding hydrogens is 699 g/mol. The summed E-state index contributed by atoms with van der Waals surface area (Å²) in [5, 5.41) is 20.9. The zero-order valence-electron chi connectivity index (χ0n) is 23.4. The highest BCUT2D eigenvalue weighted by Crippen LogP contribution is 2.45. The topological polar surface area (TPSA) is 355 Å². The molecule has 9 atom stereocenters. The van der Waals surface area contributed by atoms with Crippen LogP contribution in [-0.2, 0) is 47.9 Å². The van der Waals surface area contributed by atoms with Gasteiger partial charge >= 0.3 is 0 Å². The van der Waals surface area contributed by atoms with E-state index < -0.39 is 85.3 Å². The summed E-state index contributed by atoms with van der Waals surface area (Å²) < 4.78 is 66.8. The van der Waals surface area contributed by atoms with Crippen LogP contribution in [0.5, 0.6) is 0 Å². The van der Waals surface area contributed by atoms with Crippen molar-refractivity contribution >= 4 is 40.4 Å². The molecule has 3 aromatic rings. The van der Waals surface area contributed by atoms with Gasteiger partial charge in [-0.15, -0.1) is 0 Å². The second-order valence-electron chi connectivity index (χ2n) is 10.2. The number of aliphatic hydroxyl groups is 2. The van der Waals surface area contributed by atoms with E-state index in [2.05, 4.69) is 24.0 Å². The molecule has 25 heteroatoms. The van der Waals surface area contributed by atoms with Crippen molar-refractivity contribution in [2.45, 2.75) is 61.7 Å². The Balaban J connectivity index is 1.56. The minimum absolute atomic E-state index is 0.00545. The number of aromatic nitrogens is 4. The number of hydrogen-bond donors (Lipinski definition) is 3. The van der Waals surface area contributed by atoms with Crippen LogP contribution in [0, 0.1) is 0 Å². The van der Waals surface area contributed by atoms with Gasteiger partial charge in [0.25, 0.3) is 0 Å². The first-order chi connectivity index (χ1) is 21.9. The SMILES string of the molecule is Nc1ncnc2c1ncn2[C@@H]1O[C@H](Cc2ccccc2)[C@@H](O[C@H]2O[C@H](CO)[C@@H](OP(=O)([O-])[O-])[C@H](OP(=O)([O-])[O-])[C@H]2O)[C@H]1OP(=O)([O-])[O-]. The van der Waals surface area contributed by atoms with E-state index in [0.29, 0.717) is 5.56 Å². The zero-order valence-corrected chi connectivity index (χ0v) is 26.1. The van der Waals surface area contributed by atoms with Crippen LogP contribution in [0.4, 0.5) is 5.82 Å². The Bertz CT molecular complexity index is 1680. The number of imidazole rings is 1. The number of rotatable bonds is 12. The second-order valence-corrected chi connectivity index (χ2v) is 13.5. The van der Waals surface area contributed by atoms with Crippen LogP contribution < -0.4 is 35.1 Å². The fourth-order valence-corrected chi connectivity index (χ4v) is 6.90. The van der Waals surface area contributed by atoms with E-state index in [9.17, 15) is 53.3 Å². The van der Waals surface area contributed by atoms with E-state index in [1.54, 1.807) is 30.3 Å². The van der Waals surface area contributed by atoms with Crippen LogP contribution in [0.3, 0.4) is 0 Å². The van der Waals surface area contributed by atoms with Gasteiger partial charge in [0.2, 0.25) is 0 Å². The summed E-state index contributed by atoms with van der Waals surface area (Å²) in [5.74, 6) is -0.0671. The molecule has 4 heterocycles. The first-order valence-electron chi connectivity index (χ1n) is 13.3. The third-order valence-electron chi connectivity index (χ3n) is 7.06. The highest BCUT2D eigenvalue weighted by atomic mass is 31.2. The standard InChI is InChI=1S/C22H30N5O17P3/c23-19-13-20(25-8-24-19)27(9-26-13)21-18(44-47(36,37)38)15(11(39-21)6-10-4-2-1-3-5-10)41-22-14(29)17(43-46(33,34)35)16(12(7-28)40-22)42-45(30,31)32/h1-5,8-9,11-12,14-18,21-22,28-29H,6-7H2,(H2,23,24,25)(H2,30,31,32)(H2,33,34,35)(H2,36,37,38)/p-6/t11-,12-,14-,15-,16-,17-,18-,21-,22-/m1/s1. The number of aliphatic hydroxyl groups excluding tert-OH is 2. The van der Waals surface area contributed by atoms with E-state index in [1.165, 1.54) is 0 Å². The first-order valence-corrected chi connectivity index (χ1v) is 17.7. The van der Waals surface area contributed by atoms with E-state index >= 15 is 0 Å². The van der Waals surface area contributed by atoms with E-state index in [4.69, 9.17) is 24.5 Å². The zero-order chi connectivity index (χ0) is 34.3. The molecule has 4 N–H and O–H groups in total. The number of phosphoric acid groups is 3. The molecule has 2 aromatic heterocycles. The van der Waals surface area contributed by atoms with Crippen LogP contribution in [0.1, 0.15) is 11.8 Å². The van der Waals surface area contributed by atoms with E-state index in [-0.39, 0.29) is 23.4 Å². The molecule has 2 saturated heterocycles. The van der Waals surface area contributed by atoms with Crippen molar-refractivity contribution in [3.05, 3.63) is 48.5 Å². The minimum atomic E-state index is -6.07. The van der Waals surface area contributed by atoms with Gasteiger partial charge in [-0.25, -0.2) is 15.0 Å². The molecule has 1 aromatic carbocycles. The predicted molar refractivity (Wildman–Crippen MR) is 138 cm³/mol. The smallest absolute Gasteiger partial charge is 0.187 e. The number of nitrogens with two attached hydrogens (primary N) is 1. The lowest BCUT2D eigenvalue weighted by atomic mass is 9.98. The lowest BCUT2D eigenvalue weighted by molar-refractivity contribution is -0.378. The van der Waals surface area contributed by atoms with E-state index in [0.717, 1.165) is 17.2 Å². The van der Waals surface area contributed by atoms with Gasteiger partial charge < -0.3 is 86.8 Å². The lowest BCUT2D eigenvalue weighted by Crippen LogP contribution is -2.62. The van der Waals surface area contributed by atoms with Gasteiger partial charge in [0.1, 0.15) is 48.5 Å². The van der Waals surface area contributed by atoms with Gasteiger partial charge in [-0.05, 0) is 5.56 Å². The van der Waals surface area contributed by atoms with Gasteiger partial charge in [0.05, 0.1) is 42.5 Å². The molecule has 0 aliphatic carbocycles. The van der Waals surface area contributed by atoms with E-state index in [1.807, 2.05) is 0 Å². The Hall–Kier alpha value is -2.30. The Morgan fingerprint density at radius 2 is 1.45 bits per heavy atom. The van der Waals surface area contributed by atoms with Crippen LogP contribution in [-0.4, -0.2) is 85.4 Å². The fraction of sp³-hybridized carbons (Fsp3) is 0.500. The van der Waals surface area contributed by atoms with Gasteiger partial charge in [-0.2, -0.15) is 0 Å². The third kappa shape index (κ3) is 8.66. The van der Waals surface area contributed by atoms with Crippen LogP contribution >= 0.6 is 23.5 Å². The van der Waals surface area contributed by atoms with Crippen LogP contribution in [0.2, 0.25) is 0 Å². The number of nitrogen functional groups attached to an aromatic ring is 1. The summed E-state index contributed by atoms with van der Waals surface area (Å²) in [5.41, 5.74) is 6.50. The summed E-state index contributed by atoms with van der Waals surface area (Å²) in [7, 11) is -17.9. The highest BCUT2D eigenvalue weighted by molar-refractivity contribution is 7.43. The molecule has 0 saturated carbocycles. The summed E-state index contributed by atoms with van der Waals surface area (Å²) in [6, 6.07) is 8.33. The molecule has 0 radical (unpaired) electrons. The average molecular weight is 723 g/mol. The number of fused-ring (bicyclic) bond motifs is 1. The Morgan fingerprint density at radius 3 is 2.06 bits per heavy atom. The molecule has 2 fully saturated rings. The molecule has 2 aliphatic heterocycles. The molecule has 0 spiro atoms. The molecule has 22 nitrogen and oxygen atoms in total. The van der Waals surface area contributed by atoms with Crippen molar-refractivity contribution in [1.29, 1.82) is 0 Å². The predicted octanol–water partition coefficient (Wildman–Crippen LogP) is -5.35. The second kappa shape index (κ2) is 13.9. The molecule has 0 amide bonds. The summed E-state index contributed by atoms with van der Waals surface area (Å²) in [6.45, 7) is -1.21. The summed E-state index contributed by atoms with van der Waals surface area (Å²) in [4.78, 5) is 81.7. The summed E-state index contributed by atoms with van der Waals surface area (Å²) in [6.07, 6.45) is -16.0. The Labute approximate surface area is 263 Å². The largest absolute Gasteiger partial charge is 0.790 e. The van der Waals surface area contributed by atoms with Gasteiger partial charge in [0, 0.05) is 6.42 Å². The maximum atomic E-state index is 12.0. The van der Waals surface area contributed by atoms with Crippen molar-refractivity contribution in [2.75, 3.05) is 12.3 Å². The summed E-state index contributed by atoms with van der Waals surface area (Å²) >= 11 is 0. The maximum absolute atomic E-state index is 12.0. The van der Waals surface area contributed by atoms with Crippen LogP contribution in [0.15, 0.2) is 43.0 Å². The fourth-order valence-electron chi connectivity index (χ4n) is 5.28. The van der Waals surface area contributed by atoms with Gasteiger partial charge in [0.15, 0.2) is 24.0 Å². The minimum Gasteiger partial charge on any atom is -0.790 e. The van der Waals surface area contributed by atoms with Crippen molar-refractivity contribution in [3.8, 4) is 0 Å². The number of phosphoric ester groups is 3. The molecule has 2 aliphatic rings. The number of ether oxygens (including phenoxy) is 3. The van der Waals surface area contributed by atoms with Gasteiger partial charge in [-0.3, -0.25) is 4.57 Å². The van der Waals surface area contributed by atoms with Crippen molar-refractivity contribution in [2.24, 2.45) is 0 Å². The molecular formula is C22H24N5O17P3-6. The van der Waals surface area contributed by atoms with Gasteiger partial charge in [-0.1, -0.05) is 30.3 Å². The number of nitrogens with zero attached hydrogens (tertiary/aromatic N) is 4. The normalized spacial score (nSPS) is 30.6. The molecule has 0 unspecified atom stereocenters. The highest BCUT2D eigenvalue weighted by Gasteiger charge is 2.54. The Kier molecular flexibility index (Phi) is 10.6. The first kappa shape index (κ1) is 36.0. The van der Waals surface area contributed by atoms with Crippen molar-refractivity contribution < 1.29 is 81.1 Å². The lowest BCUT2D eigenvalue weighted by Gasteiger charge is -2.49. The average Bonchev–Trinajstić information content (AvgIpc) is 3.53. The number of hydrogen-bond acceptors (Lipinski definition) is 21. The molecule has 47 heavy (non-hydrogen) atoms. The Morgan fingerprint density at radius 1 is 0.830 bits per heavy atom. The maximum Gasteiger partial charge on any atom is 0.187 e. The molecule has 260 valence electrons. The quantitative estimate of drug-likeness (QED) is 0.147. The number of benzene rings is 1. The van der Waals surface area contributed by atoms with Crippen molar-refractivity contribution in [3.63, 3.8) is 0 Å². The third-order valence-corrected chi connectivity index (χ3v) is 8.57. The molecule has 5 rings (SSSR count). The molecule has 0 bridgehead atoms. The van der Waals surface area contributed by atoms with Crippen LogP contribution in [0.25, 0.3) is 11.2 Å². The number of anilines is 1. The van der Waals surface area contributed by atoms with Crippen molar-refractivity contribution in [1.82, 2.24) is 19.5 Å². The monoisotopic (exact) mass is 723 g/mol.